The van der Waals surface area contributed by atoms with Gasteiger partial charge >= 0.3 is 0 Å². The molecule has 1 saturated heterocycles. The van der Waals surface area contributed by atoms with Crippen LogP contribution in [-0.4, -0.2) is 45.5 Å². The Morgan fingerprint density at radius 2 is 1.82 bits per heavy atom. The van der Waals surface area contributed by atoms with Crippen LogP contribution in [0.3, 0.4) is 0 Å². The van der Waals surface area contributed by atoms with Crippen LogP contribution in [0.2, 0.25) is 5.02 Å². The zero-order valence-corrected chi connectivity index (χ0v) is 19.7. The molecular weight excluding hydrogens is 486 g/mol. The number of anilines is 1. The maximum Gasteiger partial charge on any atom is 0.262 e. The average Bonchev–Trinajstić information content (AvgIpc) is 3.30. The minimum Gasteiger partial charge on any atom is -0.380 e. The van der Waals surface area contributed by atoms with E-state index in [0.29, 0.717) is 31.1 Å². The molecule has 0 radical (unpaired) electrons. The summed E-state index contributed by atoms with van der Waals surface area (Å²) in [6.07, 6.45) is 0.580. The van der Waals surface area contributed by atoms with Gasteiger partial charge in [-0.2, -0.15) is 0 Å². The maximum absolute atomic E-state index is 14.5. The van der Waals surface area contributed by atoms with Gasteiger partial charge in [0.1, 0.15) is 11.6 Å². The third-order valence-electron chi connectivity index (χ3n) is 5.58. The first-order chi connectivity index (χ1) is 16.2. The molecule has 1 atom stereocenters. The fourth-order valence-electron chi connectivity index (χ4n) is 3.80. The summed E-state index contributed by atoms with van der Waals surface area (Å²) in [5, 5.41) is 0.0262. The van der Waals surface area contributed by atoms with Gasteiger partial charge in [-0.15, -0.1) is 0 Å². The number of carbonyl (C=O) groups excluding carboxylic acids is 1. The number of amides is 1. The summed E-state index contributed by atoms with van der Waals surface area (Å²) in [6, 6.07) is 13.8. The van der Waals surface area contributed by atoms with Gasteiger partial charge in [-0.3, -0.25) is 9.52 Å². The molecule has 1 aliphatic rings. The Morgan fingerprint density at radius 1 is 1.09 bits per heavy atom. The van der Waals surface area contributed by atoms with Gasteiger partial charge in [0.05, 0.1) is 16.7 Å². The molecule has 3 aromatic rings. The first kappa shape index (κ1) is 24.1. The van der Waals surface area contributed by atoms with Crippen molar-refractivity contribution in [2.24, 2.45) is 0 Å². The standard InChI is InChI=1S/C24H21ClF2N2O4S/c1-33-18-7-8-29(14-18)24(30)16-9-17(25)11-19(10-16)34(31,32)28-23-12-20(21(26)13-22(23)27)15-5-3-2-4-6-15/h2-6,9-13,18,28H,7-8,14H2,1H3. The predicted octanol–water partition coefficient (Wildman–Crippen LogP) is 4.95. The molecule has 1 unspecified atom stereocenters. The zero-order chi connectivity index (χ0) is 24.5. The Morgan fingerprint density at radius 3 is 2.50 bits per heavy atom. The minimum atomic E-state index is -4.36. The molecule has 178 valence electrons. The maximum atomic E-state index is 14.5. The number of ether oxygens (including phenoxy) is 1. The van der Waals surface area contributed by atoms with E-state index in [9.17, 15) is 22.0 Å². The number of carbonyl (C=O) groups is 1. The van der Waals surface area contributed by atoms with Gasteiger partial charge in [0, 0.05) is 42.4 Å². The monoisotopic (exact) mass is 506 g/mol. The van der Waals surface area contributed by atoms with Crippen LogP contribution < -0.4 is 4.72 Å². The Kier molecular flexibility index (Phi) is 6.88. The Labute approximate surface area is 201 Å². The fraction of sp³-hybridized carbons (Fsp3) is 0.208. The highest BCUT2D eigenvalue weighted by Crippen LogP contribution is 2.30. The van der Waals surface area contributed by atoms with Gasteiger partial charge in [0.15, 0.2) is 0 Å². The summed E-state index contributed by atoms with van der Waals surface area (Å²) in [4.78, 5) is 14.1. The van der Waals surface area contributed by atoms with Crippen LogP contribution in [-0.2, 0) is 14.8 Å². The molecule has 1 aliphatic heterocycles. The highest BCUT2D eigenvalue weighted by molar-refractivity contribution is 7.92. The summed E-state index contributed by atoms with van der Waals surface area (Å²) < 4.78 is 62.4. The molecule has 10 heteroatoms. The van der Waals surface area contributed by atoms with Crippen molar-refractivity contribution in [1.82, 2.24) is 4.90 Å². The summed E-state index contributed by atoms with van der Waals surface area (Å²) in [7, 11) is -2.80. The molecule has 0 aromatic heterocycles. The average molecular weight is 507 g/mol. The highest BCUT2D eigenvalue weighted by Gasteiger charge is 2.28. The van der Waals surface area contributed by atoms with E-state index >= 15 is 0 Å². The SMILES string of the molecule is COC1CCN(C(=O)c2cc(Cl)cc(S(=O)(=O)Nc3cc(-c4ccccc4)c(F)cc3F)c2)C1. The van der Waals surface area contributed by atoms with E-state index in [1.807, 2.05) is 0 Å². The number of nitrogens with one attached hydrogen (secondary N) is 1. The van der Waals surface area contributed by atoms with E-state index in [1.165, 1.54) is 12.1 Å². The van der Waals surface area contributed by atoms with E-state index < -0.39 is 33.3 Å². The molecule has 3 aromatic carbocycles. The number of likely N-dealkylation sites (tertiary alicyclic amines) is 1. The molecule has 1 amide bonds. The van der Waals surface area contributed by atoms with Crippen molar-refractivity contribution in [3.05, 3.63) is 82.9 Å². The van der Waals surface area contributed by atoms with E-state index in [-0.39, 0.29) is 27.1 Å². The molecule has 1 fully saturated rings. The van der Waals surface area contributed by atoms with E-state index in [4.69, 9.17) is 16.3 Å². The van der Waals surface area contributed by atoms with Gasteiger partial charge in [0.2, 0.25) is 0 Å². The smallest absolute Gasteiger partial charge is 0.262 e. The van der Waals surface area contributed by atoms with Crippen LogP contribution in [0.15, 0.2) is 65.6 Å². The molecule has 0 spiro atoms. The lowest BCUT2D eigenvalue weighted by Gasteiger charge is -2.17. The highest BCUT2D eigenvalue weighted by atomic mass is 35.5. The predicted molar refractivity (Wildman–Crippen MR) is 125 cm³/mol. The second-order valence-electron chi connectivity index (χ2n) is 7.86. The van der Waals surface area contributed by atoms with Gasteiger partial charge in [-0.25, -0.2) is 17.2 Å². The molecule has 0 saturated carbocycles. The Hall–Kier alpha value is -3.01. The summed E-state index contributed by atoms with van der Waals surface area (Å²) in [5.41, 5.74) is 0.129. The molecule has 4 rings (SSSR count). The first-order valence-electron chi connectivity index (χ1n) is 10.4. The second-order valence-corrected chi connectivity index (χ2v) is 9.98. The lowest BCUT2D eigenvalue weighted by Crippen LogP contribution is -2.30. The molecule has 1 N–H and O–H groups in total. The van der Waals surface area contributed by atoms with Crippen LogP contribution in [0.25, 0.3) is 11.1 Å². The number of sulfonamides is 1. The zero-order valence-electron chi connectivity index (χ0n) is 18.1. The number of halogens is 3. The van der Waals surface area contributed by atoms with Crippen molar-refractivity contribution in [2.45, 2.75) is 17.4 Å². The van der Waals surface area contributed by atoms with Crippen molar-refractivity contribution >= 4 is 33.2 Å². The lowest BCUT2D eigenvalue weighted by atomic mass is 10.0. The molecular formula is C24H21ClF2N2O4S. The number of methoxy groups -OCH3 is 1. The van der Waals surface area contributed by atoms with Crippen LogP contribution >= 0.6 is 11.6 Å². The van der Waals surface area contributed by atoms with Crippen molar-refractivity contribution < 1.29 is 26.7 Å². The van der Waals surface area contributed by atoms with Gasteiger partial charge in [-0.1, -0.05) is 41.9 Å². The van der Waals surface area contributed by atoms with Crippen LogP contribution in [0.1, 0.15) is 16.8 Å². The summed E-state index contributed by atoms with van der Waals surface area (Å²) >= 11 is 6.11. The topological polar surface area (TPSA) is 75.7 Å². The third kappa shape index (κ3) is 5.06. The summed E-state index contributed by atoms with van der Waals surface area (Å²) in [6.45, 7) is 0.846. The normalized spacial score (nSPS) is 16.0. The summed E-state index contributed by atoms with van der Waals surface area (Å²) in [5.74, 6) is -2.30. The van der Waals surface area contributed by atoms with E-state index in [1.54, 1.807) is 42.3 Å². The van der Waals surface area contributed by atoms with E-state index in [2.05, 4.69) is 4.72 Å². The molecule has 1 heterocycles. The number of benzene rings is 3. The third-order valence-corrected chi connectivity index (χ3v) is 7.14. The molecule has 6 nitrogen and oxygen atoms in total. The van der Waals surface area contributed by atoms with Crippen LogP contribution in [0, 0.1) is 11.6 Å². The number of hydrogen-bond donors (Lipinski definition) is 1. The molecule has 0 aliphatic carbocycles. The lowest BCUT2D eigenvalue weighted by molar-refractivity contribution is 0.0724. The van der Waals surface area contributed by atoms with Crippen molar-refractivity contribution in [1.29, 1.82) is 0 Å². The van der Waals surface area contributed by atoms with Gasteiger partial charge < -0.3 is 9.64 Å². The van der Waals surface area contributed by atoms with Crippen LogP contribution in [0.5, 0.6) is 0 Å². The van der Waals surface area contributed by atoms with Gasteiger partial charge in [0.25, 0.3) is 15.9 Å². The van der Waals surface area contributed by atoms with Crippen molar-refractivity contribution in [3.63, 3.8) is 0 Å². The first-order valence-corrected chi connectivity index (χ1v) is 12.2. The molecule has 0 bridgehead atoms. The quantitative estimate of drug-likeness (QED) is 0.513. The molecule has 34 heavy (non-hydrogen) atoms. The van der Waals surface area contributed by atoms with Gasteiger partial charge in [-0.05, 0) is 36.2 Å². The number of nitrogens with zero attached hydrogens (tertiary/aromatic N) is 1. The van der Waals surface area contributed by atoms with Crippen molar-refractivity contribution in [2.75, 3.05) is 24.9 Å². The van der Waals surface area contributed by atoms with Crippen LogP contribution in [0.4, 0.5) is 14.5 Å². The largest absolute Gasteiger partial charge is 0.380 e. The number of hydrogen-bond acceptors (Lipinski definition) is 4. The fourth-order valence-corrected chi connectivity index (χ4v) is 5.23. The Bertz CT molecular complexity index is 1340. The van der Waals surface area contributed by atoms with Crippen molar-refractivity contribution in [3.8, 4) is 11.1 Å². The minimum absolute atomic E-state index is 0.0262. The second kappa shape index (κ2) is 9.69. The number of rotatable bonds is 6. The Balaban J connectivity index is 1.65. The van der Waals surface area contributed by atoms with E-state index in [0.717, 1.165) is 12.1 Å².